The fourth-order valence-electron chi connectivity index (χ4n) is 1.92. The average Bonchev–Trinajstić information content (AvgIpc) is 2.97. The van der Waals surface area contributed by atoms with Crippen molar-refractivity contribution in [2.45, 2.75) is 12.5 Å². The Morgan fingerprint density at radius 2 is 2.05 bits per heavy atom. The van der Waals surface area contributed by atoms with E-state index in [-0.39, 0.29) is 11.9 Å². The van der Waals surface area contributed by atoms with Crippen LogP contribution in [0.5, 0.6) is 0 Å². The number of hydrogen-bond donors (Lipinski definition) is 1. The van der Waals surface area contributed by atoms with Gasteiger partial charge in [0.15, 0.2) is 0 Å². The van der Waals surface area contributed by atoms with Crippen molar-refractivity contribution in [1.29, 1.82) is 0 Å². The smallest absolute Gasteiger partial charge is 0.314 e. The molecule has 0 radical (unpaired) electrons. The monoisotopic (exact) mass is 259 g/mol. The number of rotatable bonds is 6. The van der Waals surface area contributed by atoms with Gasteiger partial charge in [-0.1, -0.05) is 30.3 Å². The van der Waals surface area contributed by atoms with Crippen LogP contribution in [0.4, 0.5) is 0 Å². The normalized spacial score (nSPS) is 12.1. The topological polar surface area (TPSA) is 51.5 Å². The summed E-state index contributed by atoms with van der Waals surface area (Å²) >= 11 is 0. The quantitative estimate of drug-likeness (QED) is 0.809. The lowest BCUT2D eigenvalue weighted by Gasteiger charge is -2.15. The van der Waals surface area contributed by atoms with Crippen molar-refractivity contribution in [2.75, 3.05) is 13.7 Å². The summed E-state index contributed by atoms with van der Waals surface area (Å²) in [6.45, 7) is 1.10. The molecular weight excluding hydrogens is 242 g/mol. The zero-order valence-corrected chi connectivity index (χ0v) is 10.8. The Labute approximate surface area is 112 Å². The van der Waals surface area contributed by atoms with Gasteiger partial charge in [0, 0.05) is 6.54 Å². The van der Waals surface area contributed by atoms with Crippen molar-refractivity contribution < 1.29 is 13.9 Å². The average molecular weight is 259 g/mol. The molecule has 4 nitrogen and oxygen atoms in total. The van der Waals surface area contributed by atoms with E-state index in [0.29, 0.717) is 13.1 Å². The van der Waals surface area contributed by atoms with E-state index in [9.17, 15) is 4.79 Å². The third kappa shape index (κ3) is 3.69. The SMILES string of the molecule is COC(=O)C(CNCc1ccco1)c1ccccc1. The van der Waals surface area contributed by atoms with Crippen molar-refractivity contribution in [3.05, 3.63) is 60.1 Å². The molecule has 1 unspecified atom stereocenters. The number of methoxy groups -OCH3 is 1. The molecule has 0 spiro atoms. The van der Waals surface area contributed by atoms with Crippen molar-refractivity contribution in [3.63, 3.8) is 0 Å². The number of carbonyl (C=O) groups excluding carboxylic acids is 1. The molecule has 1 heterocycles. The minimum absolute atomic E-state index is 0.238. The number of esters is 1. The predicted molar refractivity (Wildman–Crippen MR) is 71.6 cm³/mol. The van der Waals surface area contributed by atoms with E-state index in [1.807, 2.05) is 42.5 Å². The summed E-state index contributed by atoms with van der Waals surface area (Å²) < 4.78 is 10.1. The van der Waals surface area contributed by atoms with Crippen LogP contribution in [0.25, 0.3) is 0 Å². The number of furan rings is 1. The second-order valence-electron chi connectivity index (χ2n) is 4.20. The maximum absolute atomic E-state index is 11.8. The number of ether oxygens (including phenoxy) is 1. The molecule has 0 saturated heterocycles. The van der Waals surface area contributed by atoms with Crippen LogP contribution in [0, 0.1) is 0 Å². The number of nitrogens with one attached hydrogen (secondary N) is 1. The summed E-state index contributed by atoms with van der Waals surface area (Å²) in [6.07, 6.45) is 1.63. The van der Waals surface area contributed by atoms with E-state index in [1.165, 1.54) is 7.11 Å². The summed E-state index contributed by atoms with van der Waals surface area (Å²) in [5, 5.41) is 3.21. The van der Waals surface area contributed by atoms with Crippen LogP contribution in [-0.2, 0) is 16.1 Å². The Morgan fingerprint density at radius 3 is 2.68 bits per heavy atom. The van der Waals surface area contributed by atoms with Crippen LogP contribution in [0.3, 0.4) is 0 Å². The van der Waals surface area contributed by atoms with E-state index in [2.05, 4.69) is 5.32 Å². The van der Waals surface area contributed by atoms with Gasteiger partial charge in [-0.15, -0.1) is 0 Å². The fraction of sp³-hybridized carbons (Fsp3) is 0.267. The summed E-state index contributed by atoms with van der Waals surface area (Å²) in [5.74, 6) is 0.302. The van der Waals surface area contributed by atoms with Gasteiger partial charge in [0.05, 0.1) is 25.8 Å². The molecule has 0 aliphatic heterocycles. The van der Waals surface area contributed by atoms with Crippen LogP contribution in [0.15, 0.2) is 53.1 Å². The van der Waals surface area contributed by atoms with Crippen molar-refractivity contribution in [1.82, 2.24) is 5.32 Å². The molecule has 1 aromatic heterocycles. The molecule has 0 bridgehead atoms. The molecule has 0 aliphatic rings. The van der Waals surface area contributed by atoms with Gasteiger partial charge in [0.2, 0.25) is 0 Å². The maximum Gasteiger partial charge on any atom is 0.314 e. The van der Waals surface area contributed by atoms with Crippen LogP contribution < -0.4 is 5.32 Å². The first-order chi connectivity index (χ1) is 9.31. The molecular formula is C15H17NO3. The third-order valence-electron chi connectivity index (χ3n) is 2.92. The maximum atomic E-state index is 11.8. The molecule has 4 heteroatoms. The van der Waals surface area contributed by atoms with Gasteiger partial charge in [-0.05, 0) is 17.7 Å². The first-order valence-electron chi connectivity index (χ1n) is 6.17. The lowest BCUT2D eigenvalue weighted by molar-refractivity contribution is -0.142. The molecule has 0 amide bonds. The minimum Gasteiger partial charge on any atom is -0.469 e. The number of benzene rings is 1. The number of carbonyl (C=O) groups is 1. The van der Waals surface area contributed by atoms with Crippen LogP contribution in [-0.4, -0.2) is 19.6 Å². The van der Waals surface area contributed by atoms with E-state index in [0.717, 1.165) is 11.3 Å². The minimum atomic E-state index is -0.304. The number of hydrogen-bond acceptors (Lipinski definition) is 4. The van der Waals surface area contributed by atoms with Crippen molar-refractivity contribution >= 4 is 5.97 Å². The molecule has 1 N–H and O–H groups in total. The van der Waals surface area contributed by atoms with Crippen LogP contribution in [0.1, 0.15) is 17.2 Å². The van der Waals surface area contributed by atoms with Gasteiger partial charge in [-0.2, -0.15) is 0 Å². The van der Waals surface area contributed by atoms with Gasteiger partial charge in [-0.3, -0.25) is 4.79 Å². The van der Waals surface area contributed by atoms with Crippen molar-refractivity contribution in [2.24, 2.45) is 0 Å². The highest BCUT2D eigenvalue weighted by Crippen LogP contribution is 2.16. The first-order valence-corrected chi connectivity index (χ1v) is 6.17. The molecule has 19 heavy (non-hydrogen) atoms. The summed E-state index contributed by atoms with van der Waals surface area (Å²) in [6, 6.07) is 13.3. The van der Waals surface area contributed by atoms with Gasteiger partial charge >= 0.3 is 5.97 Å². The van der Waals surface area contributed by atoms with Gasteiger partial charge in [0.1, 0.15) is 5.76 Å². The lowest BCUT2D eigenvalue weighted by atomic mass is 9.99. The molecule has 1 atom stereocenters. The molecule has 0 fully saturated rings. The third-order valence-corrected chi connectivity index (χ3v) is 2.92. The summed E-state index contributed by atoms with van der Waals surface area (Å²) in [5.41, 5.74) is 0.946. The highest BCUT2D eigenvalue weighted by Gasteiger charge is 2.20. The van der Waals surface area contributed by atoms with E-state index in [1.54, 1.807) is 6.26 Å². The fourth-order valence-corrected chi connectivity index (χ4v) is 1.92. The first kappa shape index (κ1) is 13.4. The Kier molecular flexibility index (Phi) is 4.75. The molecule has 1 aromatic carbocycles. The highest BCUT2D eigenvalue weighted by atomic mass is 16.5. The molecule has 2 rings (SSSR count). The Morgan fingerprint density at radius 1 is 1.26 bits per heavy atom. The van der Waals surface area contributed by atoms with E-state index < -0.39 is 0 Å². The summed E-state index contributed by atoms with van der Waals surface area (Å²) in [7, 11) is 1.41. The van der Waals surface area contributed by atoms with Crippen LogP contribution in [0.2, 0.25) is 0 Å². The van der Waals surface area contributed by atoms with Gasteiger partial charge in [0.25, 0.3) is 0 Å². The van der Waals surface area contributed by atoms with Gasteiger partial charge in [-0.25, -0.2) is 0 Å². The van der Waals surface area contributed by atoms with E-state index >= 15 is 0 Å². The van der Waals surface area contributed by atoms with Gasteiger partial charge < -0.3 is 14.5 Å². The Hall–Kier alpha value is -2.07. The second-order valence-corrected chi connectivity index (χ2v) is 4.20. The zero-order chi connectivity index (χ0) is 13.5. The van der Waals surface area contributed by atoms with Crippen LogP contribution >= 0.6 is 0 Å². The zero-order valence-electron chi connectivity index (χ0n) is 10.8. The second kappa shape index (κ2) is 6.75. The lowest BCUT2D eigenvalue weighted by Crippen LogP contribution is -2.27. The molecule has 100 valence electrons. The standard InChI is InChI=1S/C15H17NO3/c1-18-15(17)14(12-6-3-2-4-7-12)11-16-10-13-8-5-9-19-13/h2-9,14,16H,10-11H2,1H3. The Bertz CT molecular complexity index is 493. The van der Waals surface area contributed by atoms with E-state index in [4.69, 9.17) is 9.15 Å². The largest absolute Gasteiger partial charge is 0.469 e. The Balaban J connectivity index is 1.97. The summed E-state index contributed by atoms with van der Waals surface area (Å²) in [4.78, 5) is 11.8. The molecule has 0 saturated carbocycles. The predicted octanol–water partition coefficient (Wildman–Crippen LogP) is 2.33. The molecule has 2 aromatic rings. The van der Waals surface area contributed by atoms with Crippen molar-refractivity contribution in [3.8, 4) is 0 Å². The highest BCUT2D eigenvalue weighted by molar-refractivity contribution is 5.78. The molecule has 0 aliphatic carbocycles.